The van der Waals surface area contributed by atoms with Crippen LogP contribution >= 0.6 is 0 Å². The maximum atomic E-state index is 2.35. The number of hydrogen-bond acceptors (Lipinski definition) is 0. The molecule has 1 aliphatic rings. The van der Waals surface area contributed by atoms with Gasteiger partial charge in [0.25, 0.3) is 0 Å². The van der Waals surface area contributed by atoms with E-state index >= 15 is 0 Å². The summed E-state index contributed by atoms with van der Waals surface area (Å²) in [4.78, 5) is 0. The third kappa shape index (κ3) is 2.97. The van der Waals surface area contributed by atoms with Crippen molar-refractivity contribution in [3.63, 3.8) is 0 Å². The molecule has 0 amide bonds. The van der Waals surface area contributed by atoms with E-state index in [-0.39, 0.29) is 0 Å². The first-order chi connectivity index (χ1) is 8.88. The van der Waals surface area contributed by atoms with Crippen molar-refractivity contribution in [2.24, 2.45) is 5.92 Å². The van der Waals surface area contributed by atoms with Crippen molar-refractivity contribution in [2.45, 2.75) is 41.5 Å². The molecule has 0 heterocycles. The topological polar surface area (TPSA) is 0 Å². The zero-order valence-electron chi connectivity index (χ0n) is 13.0. The van der Waals surface area contributed by atoms with E-state index in [1.807, 2.05) is 0 Å². The number of allylic oxidation sites excluding steroid dienone is 4. The van der Waals surface area contributed by atoms with Crippen molar-refractivity contribution >= 4 is 17.8 Å². The number of hydrogen-bond donors (Lipinski definition) is 0. The fourth-order valence-corrected chi connectivity index (χ4v) is 3.12. The van der Waals surface area contributed by atoms with Crippen molar-refractivity contribution in [3.05, 3.63) is 52.1 Å². The van der Waals surface area contributed by atoms with Crippen LogP contribution in [0.15, 0.2) is 35.4 Å². The van der Waals surface area contributed by atoms with Crippen LogP contribution in [0.3, 0.4) is 0 Å². The van der Waals surface area contributed by atoms with Crippen LogP contribution in [0.4, 0.5) is 0 Å². The molecule has 0 aliphatic heterocycles. The van der Waals surface area contributed by atoms with E-state index in [9.17, 15) is 0 Å². The Morgan fingerprint density at radius 2 is 1.32 bits per heavy atom. The summed E-state index contributed by atoms with van der Waals surface area (Å²) < 4.78 is 0. The second kappa shape index (κ2) is 5.32. The minimum atomic E-state index is 0.553. The molecule has 19 heavy (non-hydrogen) atoms. The second-order valence-electron chi connectivity index (χ2n) is 5.93. The molecular weight excluding hydrogens is 227 g/mol. The molecule has 0 nitrogen and oxygen atoms in total. The van der Waals surface area contributed by atoms with E-state index in [1.165, 1.54) is 38.8 Å². The van der Waals surface area contributed by atoms with Gasteiger partial charge in [-0.3, -0.25) is 0 Å². The Morgan fingerprint density at radius 1 is 0.842 bits per heavy atom. The quantitative estimate of drug-likeness (QED) is 0.667. The van der Waals surface area contributed by atoms with Gasteiger partial charge in [-0.15, -0.1) is 0 Å². The summed E-state index contributed by atoms with van der Waals surface area (Å²) in [5.41, 5.74) is 9.62. The molecule has 1 aliphatic carbocycles. The van der Waals surface area contributed by atoms with Crippen LogP contribution in [0.5, 0.6) is 0 Å². The van der Waals surface area contributed by atoms with Crippen molar-refractivity contribution in [1.82, 2.24) is 0 Å². The van der Waals surface area contributed by atoms with Gasteiger partial charge in [-0.05, 0) is 0 Å². The molecule has 0 aromatic heterocycles. The van der Waals surface area contributed by atoms with E-state index in [0.29, 0.717) is 5.92 Å². The Kier molecular flexibility index (Phi) is 3.94. The van der Waals surface area contributed by atoms with Crippen LogP contribution in [0, 0.1) is 26.7 Å². The van der Waals surface area contributed by atoms with Crippen LogP contribution in [0.2, 0.25) is 0 Å². The third-order valence-corrected chi connectivity index (χ3v) is 3.90. The van der Waals surface area contributed by atoms with Gasteiger partial charge in [0, 0.05) is 0 Å². The minimum absolute atomic E-state index is 0.553. The summed E-state index contributed by atoms with van der Waals surface area (Å²) in [6.45, 7) is 15.6. The molecule has 1 aromatic carbocycles. The normalized spacial score (nSPS) is 18.8. The Morgan fingerprint density at radius 3 is 1.79 bits per heavy atom. The van der Waals surface area contributed by atoms with Gasteiger partial charge in [0.15, 0.2) is 0 Å². The third-order valence-electron chi connectivity index (χ3n) is 3.90. The van der Waals surface area contributed by atoms with E-state index in [2.05, 4.69) is 72.7 Å². The molecule has 0 N–H and O–H groups in total. The Balaban J connectivity index is 2.53. The summed E-state index contributed by atoms with van der Waals surface area (Å²) in [6, 6.07) is 4.53. The van der Waals surface area contributed by atoms with Crippen molar-refractivity contribution in [1.29, 1.82) is 0 Å². The van der Waals surface area contributed by atoms with Crippen LogP contribution in [0.1, 0.15) is 37.5 Å². The van der Waals surface area contributed by atoms with Crippen LogP contribution < -0.4 is 5.46 Å². The molecule has 0 bridgehead atoms. The van der Waals surface area contributed by atoms with Crippen molar-refractivity contribution < 1.29 is 0 Å². The fourth-order valence-electron chi connectivity index (χ4n) is 3.12. The molecular formula is C18H23B. The Bertz CT molecular complexity index is 555. The monoisotopic (exact) mass is 250 g/mol. The molecule has 2 rings (SSSR count). The molecule has 0 radical (unpaired) electrons. The predicted octanol–water partition coefficient (Wildman–Crippen LogP) is 3.66. The molecule has 0 fully saturated rings. The Labute approximate surface area is 118 Å². The zero-order valence-corrected chi connectivity index (χ0v) is 13.0. The van der Waals surface area contributed by atoms with E-state index in [0.717, 1.165) is 0 Å². The molecule has 1 aromatic rings. The first-order valence-electron chi connectivity index (χ1n) is 7.05. The van der Waals surface area contributed by atoms with Gasteiger partial charge in [-0.1, -0.05) is 0 Å². The first kappa shape index (κ1) is 14.1. The van der Waals surface area contributed by atoms with E-state index < -0.39 is 0 Å². The predicted molar refractivity (Wildman–Crippen MR) is 87.7 cm³/mol. The van der Waals surface area contributed by atoms with Gasteiger partial charge in [-0.25, -0.2) is 0 Å². The molecule has 0 unspecified atom stereocenters. The second-order valence-corrected chi connectivity index (χ2v) is 5.93. The average molecular weight is 250 g/mol. The van der Waals surface area contributed by atoms with Crippen molar-refractivity contribution in [3.8, 4) is 0 Å². The summed E-state index contributed by atoms with van der Waals surface area (Å²) >= 11 is 0. The van der Waals surface area contributed by atoms with Crippen molar-refractivity contribution in [2.75, 3.05) is 0 Å². The summed E-state index contributed by atoms with van der Waals surface area (Å²) in [6.07, 6.45) is 4.69. The first-order valence-corrected chi connectivity index (χ1v) is 7.05. The van der Waals surface area contributed by atoms with Crippen LogP contribution in [-0.4, -0.2) is 12.4 Å². The standard InChI is InChI=1S/C18H23B/c1-11-7-13(3)17(14(4)8-11)19-18-15(5)9-12(2)10-16(18)6/h7-11H,1-6H3. The molecule has 0 atom stereocenters. The van der Waals surface area contributed by atoms with Gasteiger partial charge < -0.3 is 0 Å². The van der Waals surface area contributed by atoms with Crippen LogP contribution in [-0.2, 0) is 0 Å². The summed E-state index contributed by atoms with van der Waals surface area (Å²) in [5.74, 6) is 0.553. The Hall–Kier alpha value is -1.37. The fraction of sp³-hybridized carbons (Fsp3) is 0.389. The average Bonchev–Trinajstić information content (AvgIpc) is 2.25. The summed E-state index contributed by atoms with van der Waals surface area (Å²) in [5, 5.41) is 0. The van der Waals surface area contributed by atoms with Gasteiger partial charge in [0.2, 0.25) is 0 Å². The van der Waals surface area contributed by atoms with E-state index in [1.54, 1.807) is 0 Å². The number of rotatable bonds is 1. The van der Waals surface area contributed by atoms with Gasteiger partial charge in [0.05, 0.1) is 0 Å². The number of aryl methyl sites for hydroxylation is 3. The molecule has 0 saturated carbocycles. The van der Waals surface area contributed by atoms with Crippen LogP contribution in [0.25, 0.3) is 0 Å². The van der Waals surface area contributed by atoms with E-state index in [4.69, 9.17) is 0 Å². The van der Waals surface area contributed by atoms with Gasteiger partial charge >= 0.3 is 117 Å². The SMILES string of the molecule is CC1=CC(C)C=C(C)C1=Bc1c(C)cc(C)cc1C. The molecule has 98 valence electrons. The zero-order chi connectivity index (χ0) is 14.2. The molecule has 1 heteroatoms. The maximum absolute atomic E-state index is 2.35. The number of benzene rings is 1. The summed E-state index contributed by atoms with van der Waals surface area (Å²) in [7, 11) is 0. The molecule has 0 saturated heterocycles. The molecule has 0 spiro atoms. The van der Waals surface area contributed by atoms with Gasteiger partial charge in [-0.2, -0.15) is 0 Å². The van der Waals surface area contributed by atoms with Gasteiger partial charge in [0.1, 0.15) is 0 Å².